The maximum Gasteiger partial charge on any atom is 0.127 e. The zero-order valence-electron chi connectivity index (χ0n) is 12.5. The van der Waals surface area contributed by atoms with Gasteiger partial charge in [0, 0.05) is 11.8 Å². The predicted molar refractivity (Wildman–Crippen MR) is 81.1 cm³/mol. The second-order valence-corrected chi connectivity index (χ2v) is 6.07. The third kappa shape index (κ3) is 2.99. The molecule has 1 saturated carbocycles. The largest absolute Gasteiger partial charge is 0.507 e. The summed E-state index contributed by atoms with van der Waals surface area (Å²) in [6.45, 7) is 8.57. The van der Waals surface area contributed by atoms with Crippen molar-refractivity contribution in [1.29, 1.82) is 0 Å². The Kier molecular flexibility index (Phi) is 4.28. The Bertz CT molecular complexity index is 478. The van der Waals surface area contributed by atoms with Crippen LogP contribution in [0.2, 0.25) is 0 Å². The van der Waals surface area contributed by atoms with Crippen LogP contribution in [0.4, 0.5) is 0 Å². The van der Waals surface area contributed by atoms with Crippen LogP contribution in [0.5, 0.6) is 5.75 Å². The molecule has 1 aliphatic carbocycles. The average molecular weight is 259 g/mol. The molecule has 1 fully saturated rings. The number of aliphatic imine (C=N–C) groups is 1. The highest BCUT2D eigenvalue weighted by Gasteiger charge is 2.26. The van der Waals surface area contributed by atoms with E-state index in [0.717, 1.165) is 22.6 Å². The fraction of sp³-hybridized carbons (Fsp3) is 0.588. The summed E-state index contributed by atoms with van der Waals surface area (Å²) in [5.41, 5.74) is 2.88. The maximum absolute atomic E-state index is 10.1. The molecule has 0 bridgehead atoms. The molecule has 0 radical (unpaired) electrons. The van der Waals surface area contributed by atoms with Crippen molar-refractivity contribution in [3.05, 3.63) is 28.8 Å². The number of nitrogens with zero attached hydrogens (tertiary/aromatic N) is 1. The van der Waals surface area contributed by atoms with Gasteiger partial charge in [-0.05, 0) is 43.2 Å². The van der Waals surface area contributed by atoms with Crippen LogP contribution < -0.4 is 0 Å². The summed E-state index contributed by atoms with van der Waals surface area (Å²) in [6.07, 6.45) is 5.65. The summed E-state index contributed by atoms with van der Waals surface area (Å²) in [6, 6.07) is 4.40. The first-order valence-corrected chi connectivity index (χ1v) is 7.33. The normalized spacial score (nSPS) is 27.9. The van der Waals surface area contributed by atoms with Gasteiger partial charge in [0.2, 0.25) is 0 Å². The minimum absolute atomic E-state index is 0.375. The van der Waals surface area contributed by atoms with Gasteiger partial charge in [-0.25, -0.2) is 0 Å². The van der Waals surface area contributed by atoms with E-state index in [2.05, 4.69) is 13.8 Å². The van der Waals surface area contributed by atoms with Gasteiger partial charge in [-0.1, -0.05) is 38.8 Å². The molecule has 0 saturated heterocycles. The fourth-order valence-electron chi connectivity index (χ4n) is 2.92. The summed E-state index contributed by atoms with van der Waals surface area (Å²) in [5, 5.41) is 10.1. The molecule has 3 atom stereocenters. The Morgan fingerprint density at radius 2 is 1.84 bits per heavy atom. The van der Waals surface area contributed by atoms with Gasteiger partial charge >= 0.3 is 0 Å². The number of hydrogen-bond donors (Lipinski definition) is 1. The van der Waals surface area contributed by atoms with E-state index in [9.17, 15) is 5.11 Å². The summed E-state index contributed by atoms with van der Waals surface area (Å²) in [5.74, 6) is 1.76. The minimum atomic E-state index is 0.375. The Morgan fingerprint density at radius 1 is 1.16 bits per heavy atom. The van der Waals surface area contributed by atoms with Crippen molar-refractivity contribution >= 4 is 6.21 Å². The molecule has 3 unspecified atom stereocenters. The second-order valence-electron chi connectivity index (χ2n) is 6.07. The molecule has 19 heavy (non-hydrogen) atoms. The van der Waals surface area contributed by atoms with Crippen molar-refractivity contribution in [2.24, 2.45) is 16.8 Å². The van der Waals surface area contributed by atoms with Gasteiger partial charge in [-0.15, -0.1) is 0 Å². The van der Waals surface area contributed by atoms with Gasteiger partial charge < -0.3 is 5.11 Å². The number of aryl methyl sites for hydroxylation is 2. The first-order chi connectivity index (χ1) is 9.00. The van der Waals surface area contributed by atoms with E-state index in [0.29, 0.717) is 17.7 Å². The lowest BCUT2D eigenvalue weighted by molar-refractivity contribution is 0.242. The van der Waals surface area contributed by atoms with Crippen LogP contribution in [0.25, 0.3) is 0 Å². The van der Waals surface area contributed by atoms with Crippen molar-refractivity contribution in [2.45, 2.75) is 53.0 Å². The highest BCUT2D eigenvalue weighted by molar-refractivity contribution is 5.86. The number of phenolic OH excluding ortho intramolecular Hbond substituents is 1. The summed E-state index contributed by atoms with van der Waals surface area (Å²) >= 11 is 0. The molecule has 1 aromatic rings. The van der Waals surface area contributed by atoms with Gasteiger partial charge in [0.25, 0.3) is 0 Å². The predicted octanol–water partition coefficient (Wildman–Crippen LogP) is 4.25. The first-order valence-electron chi connectivity index (χ1n) is 7.33. The molecule has 2 rings (SSSR count). The lowest BCUT2D eigenvalue weighted by Crippen LogP contribution is -2.27. The summed E-state index contributed by atoms with van der Waals surface area (Å²) in [4.78, 5) is 4.76. The average Bonchev–Trinajstić information content (AvgIpc) is 2.39. The van der Waals surface area contributed by atoms with Crippen molar-refractivity contribution < 1.29 is 5.11 Å². The third-order valence-electron chi connectivity index (χ3n) is 4.70. The molecule has 1 aliphatic rings. The highest BCUT2D eigenvalue weighted by atomic mass is 16.3. The van der Waals surface area contributed by atoms with Crippen LogP contribution in [0.1, 0.15) is 49.8 Å². The monoisotopic (exact) mass is 259 g/mol. The minimum Gasteiger partial charge on any atom is -0.507 e. The summed E-state index contributed by atoms with van der Waals surface area (Å²) in [7, 11) is 0. The van der Waals surface area contributed by atoms with Crippen LogP contribution in [-0.2, 0) is 0 Å². The highest BCUT2D eigenvalue weighted by Crippen LogP contribution is 2.32. The standard InChI is InChI=1S/C17H25NO/c1-11-6-5-7-16(14(11)4)18-10-15-12(2)8-9-13(3)17(15)19/h8-11,14,16,19H,5-7H2,1-4H3. The van der Waals surface area contributed by atoms with E-state index < -0.39 is 0 Å². The number of benzene rings is 1. The molecule has 1 N–H and O–H groups in total. The van der Waals surface area contributed by atoms with Crippen molar-refractivity contribution in [2.75, 3.05) is 0 Å². The first kappa shape index (κ1) is 14.1. The van der Waals surface area contributed by atoms with Crippen LogP contribution in [-0.4, -0.2) is 17.4 Å². The van der Waals surface area contributed by atoms with Gasteiger partial charge in [0.05, 0.1) is 6.04 Å². The van der Waals surface area contributed by atoms with E-state index >= 15 is 0 Å². The summed E-state index contributed by atoms with van der Waals surface area (Å²) < 4.78 is 0. The number of aromatic hydroxyl groups is 1. The van der Waals surface area contributed by atoms with E-state index in [-0.39, 0.29) is 0 Å². The van der Waals surface area contributed by atoms with Gasteiger partial charge in [0.15, 0.2) is 0 Å². The molecule has 104 valence electrons. The fourth-order valence-corrected chi connectivity index (χ4v) is 2.92. The zero-order valence-corrected chi connectivity index (χ0v) is 12.5. The Labute approximate surface area is 116 Å². The molecule has 2 heteroatoms. The van der Waals surface area contributed by atoms with Crippen LogP contribution in [0.15, 0.2) is 17.1 Å². The van der Waals surface area contributed by atoms with Crippen LogP contribution in [0, 0.1) is 25.7 Å². The lowest BCUT2D eigenvalue weighted by Gasteiger charge is -2.31. The van der Waals surface area contributed by atoms with Crippen molar-refractivity contribution in [3.8, 4) is 5.75 Å². The number of rotatable bonds is 2. The molecule has 0 aromatic heterocycles. The van der Waals surface area contributed by atoms with E-state index in [1.165, 1.54) is 19.3 Å². The molecule has 0 heterocycles. The Morgan fingerprint density at radius 3 is 2.58 bits per heavy atom. The van der Waals surface area contributed by atoms with Crippen LogP contribution >= 0.6 is 0 Å². The van der Waals surface area contributed by atoms with Gasteiger partial charge in [-0.3, -0.25) is 4.99 Å². The van der Waals surface area contributed by atoms with Crippen molar-refractivity contribution in [1.82, 2.24) is 0 Å². The SMILES string of the molecule is Cc1ccc(C)c(C=NC2CCCC(C)C2C)c1O. The topological polar surface area (TPSA) is 32.6 Å². The van der Waals surface area contributed by atoms with E-state index in [1.54, 1.807) is 0 Å². The second kappa shape index (κ2) is 5.77. The van der Waals surface area contributed by atoms with Crippen LogP contribution in [0.3, 0.4) is 0 Å². The smallest absolute Gasteiger partial charge is 0.127 e. The molecule has 1 aromatic carbocycles. The van der Waals surface area contributed by atoms with E-state index in [1.807, 2.05) is 32.2 Å². The third-order valence-corrected chi connectivity index (χ3v) is 4.70. The molecule has 0 amide bonds. The Balaban J connectivity index is 2.21. The van der Waals surface area contributed by atoms with Gasteiger partial charge in [0.1, 0.15) is 5.75 Å². The maximum atomic E-state index is 10.1. The molecular formula is C17H25NO. The Hall–Kier alpha value is -1.31. The molecule has 2 nitrogen and oxygen atoms in total. The lowest BCUT2D eigenvalue weighted by atomic mass is 9.78. The molecular weight excluding hydrogens is 234 g/mol. The quantitative estimate of drug-likeness (QED) is 0.791. The molecule has 0 spiro atoms. The molecule has 0 aliphatic heterocycles. The van der Waals surface area contributed by atoms with E-state index in [4.69, 9.17) is 4.99 Å². The zero-order chi connectivity index (χ0) is 14.0. The number of phenols is 1. The van der Waals surface area contributed by atoms with Crippen molar-refractivity contribution in [3.63, 3.8) is 0 Å². The van der Waals surface area contributed by atoms with Gasteiger partial charge in [-0.2, -0.15) is 0 Å². The number of hydrogen-bond acceptors (Lipinski definition) is 2.